The van der Waals surface area contributed by atoms with Gasteiger partial charge in [-0.2, -0.15) is 0 Å². The van der Waals surface area contributed by atoms with Crippen LogP contribution in [-0.2, 0) is 0 Å². The molecular formula is C17H26N2O. The van der Waals surface area contributed by atoms with Crippen molar-refractivity contribution in [3.63, 3.8) is 0 Å². The highest BCUT2D eigenvalue weighted by molar-refractivity contribution is 5.99. The maximum absolute atomic E-state index is 12.5. The molecular weight excluding hydrogens is 248 g/mol. The molecule has 3 nitrogen and oxygen atoms in total. The lowest BCUT2D eigenvalue weighted by Gasteiger charge is -2.21. The molecule has 1 aromatic carbocycles. The van der Waals surface area contributed by atoms with Gasteiger partial charge >= 0.3 is 0 Å². The highest BCUT2D eigenvalue weighted by Gasteiger charge is 2.23. The molecule has 2 rings (SSSR count). The summed E-state index contributed by atoms with van der Waals surface area (Å²) in [5.74, 6) is 0.678. The molecule has 0 spiro atoms. The van der Waals surface area contributed by atoms with Crippen LogP contribution in [0.15, 0.2) is 24.3 Å². The molecule has 0 bridgehead atoms. The molecule has 1 atom stereocenters. The smallest absolute Gasteiger partial charge is 0.253 e. The second-order valence-electron chi connectivity index (χ2n) is 6.15. The Hall–Kier alpha value is -1.51. The minimum atomic E-state index is 0.0353. The predicted molar refractivity (Wildman–Crippen MR) is 84.1 cm³/mol. The fourth-order valence-corrected chi connectivity index (χ4v) is 2.98. The fraction of sp³-hybridized carbons (Fsp3) is 0.588. The SMILES string of the molecule is CC(C)Nc1ccccc1C(=O)N[C@H](C)C1CCCC1. The lowest BCUT2D eigenvalue weighted by molar-refractivity contribution is 0.0928. The second-order valence-corrected chi connectivity index (χ2v) is 6.15. The number of carbonyl (C=O) groups is 1. The van der Waals surface area contributed by atoms with E-state index in [-0.39, 0.29) is 11.9 Å². The van der Waals surface area contributed by atoms with E-state index >= 15 is 0 Å². The van der Waals surface area contributed by atoms with Crippen LogP contribution >= 0.6 is 0 Å². The van der Waals surface area contributed by atoms with E-state index in [2.05, 4.69) is 31.4 Å². The van der Waals surface area contributed by atoms with Crippen LogP contribution in [0.5, 0.6) is 0 Å². The molecule has 0 unspecified atom stereocenters. The first-order valence-corrected chi connectivity index (χ1v) is 7.74. The first-order chi connectivity index (χ1) is 9.58. The van der Waals surface area contributed by atoms with Crippen molar-refractivity contribution in [1.82, 2.24) is 5.32 Å². The van der Waals surface area contributed by atoms with E-state index < -0.39 is 0 Å². The zero-order valence-corrected chi connectivity index (χ0v) is 12.8. The summed E-state index contributed by atoms with van der Waals surface area (Å²) in [5.41, 5.74) is 1.66. The maximum Gasteiger partial charge on any atom is 0.253 e. The van der Waals surface area contributed by atoms with E-state index in [1.807, 2.05) is 24.3 Å². The van der Waals surface area contributed by atoms with Gasteiger partial charge in [0.05, 0.1) is 5.56 Å². The third-order valence-corrected chi connectivity index (χ3v) is 4.08. The van der Waals surface area contributed by atoms with Gasteiger partial charge in [-0.15, -0.1) is 0 Å². The summed E-state index contributed by atoms with van der Waals surface area (Å²) < 4.78 is 0. The topological polar surface area (TPSA) is 41.1 Å². The Morgan fingerprint density at radius 3 is 2.45 bits per heavy atom. The molecule has 0 radical (unpaired) electrons. The Labute approximate surface area is 122 Å². The average molecular weight is 274 g/mol. The Morgan fingerprint density at radius 2 is 1.80 bits per heavy atom. The van der Waals surface area contributed by atoms with Gasteiger partial charge in [-0.1, -0.05) is 25.0 Å². The van der Waals surface area contributed by atoms with Crippen LogP contribution in [0.3, 0.4) is 0 Å². The van der Waals surface area contributed by atoms with Gasteiger partial charge in [-0.3, -0.25) is 4.79 Å². The van der Waals surface area contributed by atoms with Crippen molar-refractivity contribution >= 4 is 11.6 Å². The quantitative estimate of drug-likeness (QED) is 0.857. The average Bonchev–Trinajstić information content (AvgIpc) is 2.92. The van der Waals surface area contributed by atoms with Crippen molar-refractivity contribution in [3.8, 4) is 0 Å². The molecule has 1 aliphatic rings. The van der Waals surface area contributed by atoms with Crippen LogP contribution in [0.1, 0.15) is 56.8 Å². The van der Waals surface area contributed by atoms with Gasteiger partial charge in [-0.05, 0) is 51.7 Å². The van der Waals surface area contributed by atoms with Crippen LogP contribution in [0, 0.1) is 5.92 Å². The zero-order valence-electron chi connectivity index (χ0n) is 12.8. The van der Waals surface area contributed by atoms with Crippen molar-refractivity contribution in [2.24, 2.45) is 5.92 Å². The Balaban J connectivity index is 2.04. The first-order valence-electron chi connectivity index (χ1n) is 7.74. The molecule has 0 aliphatic heterocycles. The lowest BCUT2D eigenvalue weighted by Crippen LogP contribution is -2.37. The van der Waals surface area contributed by atoms with Gasteiger partial charge in [-0.25, -0.2) is 0 Å². The molecule has 110 valence electrons. The molecule has 20 heavy (non-hydrogen) atoms. The molecule has 3 heteroatoms. The molecule has 1 aliphatic carbocycles. The zero-order chi connectivity index (χ0) is 14.5. The summed E-state index contributed by atoms with van der Waals surface area (Å²) in [6.07, 6.45) is 5.09. The Bertz CT molecular complexity index is 450. The molecule has 1 fully saturated rings. The Morgan fingerprint density at radius 1 is 1.15 bits per heavy atom. The minimum absolute atomic E-state index is 0.0353. The minimum Gasteiger partial charge on any atom is -0.382 e. The van der Waals surface area contributed by atoms with Gasteiger partial charge in [0, 0.05) is 17.8 Å². The number of anilines is 1. The number of hydrogen-bond acceptors (Lipinski definition) is 2. The predicted octanol–water partition coefficient (Wildman–Crippen LogP) is 3.82. The number of benzene rings is 1. The lowest BCUT2D eigenvalue weighted by atomic mass is 9.99. The van der Waals surface area contributed by atoms with Gasteiger partial charge in [0.2, 0.25) is 0 Å². The number of rotatable bonds is 5. The summed E-state index contributed by atoms with van der Waals surface area (Å²) >= 11 is 0. The largest absolute Gasteiger partial charge is 0.382 e. The van der Waals surface area contributed by atoms with E-state index in [0.29, 0.717) is 12.0 Å². The standard InChI is InChI=1S/C17H26N2O/c1-12(2)18-16-11-7-6-10-15(16)17(20)19-13(3)14-8-4-5-9-14/h6-7,10-14,18H,4-5,8-9H2,1-3H3,(H,19,20)/t13-/m1/s1. The van der Waals surface area contributed by atoms with Gasteiger partial charge < -0.3 is 10.6 Å². The molecule has 2 N–H and O–H groups in total. The van der Waals surface area contributed by atoms with E-state index in [0.717, 1.165) is 11.3 Å². The van der Waals surface area contributed by atoms with E-state index in [1.165, 1.54) is 25.7 Å². The van der Waals surface area contributed by atoms with E-state index in [9.17, 15) is 4.79 Å². The van der Waals surface area contributed by atoms with Gasteiger partial charge in [0.25, 0.3) is 5.91 Å². The van der Waals surface area contributed by atoms with Crippen LogP contribution < -0.4 is 10.6 Å². The Kier molecular flexibility index (Phi) is 5.05. The summed E-state index contributed by atoms with van der Waals surface area (Å²) in [6, 6.07) is 8.31. The van der Waals surface area contributed by atoms with Crippen molar-refractivity contribution in [3.05, 3.63) is 29.8 Å². The number of para-hydroxylation sites is 1. The normalized spacial score (nSPS) is 17.2. The number of nitrogens with one attached hydrogen (secondary N) is 2. The highest BCUT2D eigenvalue weighted by Crippen LogP contribution is 2.28. The van der Waals surface area contributed by atoms with Crippen molar-refractivity contribution in [2.75, 3.05) is 5.32 Å². The van der Waals surface area contributed by atoms with Crippen molar-refractivity contribution < 1.29 is 4.79 Å². The molecule has 1 amide bonds. The third-order valence-electron chi connectivity index (χ3n) is 4.08. The van der Waals surface area contributed by atoms with Gasteiger partial charge in [0.15, 0.2) is 0 Å². The molecule has 0 heterocycles. The number of amides is 1. The number of hydrogen-bond donors (Lipinski definition) is 2. The molecule has 0 aromatic heterocycles. The van der Waals surface area contributed by atoms with Crippen LogP contribution in [0.25, 0.3) is 0 Å². The summed E-state index contributed by atoms with van der Waals surface area (Å²) in [4.78, 5) is 12.5. The van der Waals surface area contributed by atoms with E-state index in [1.54, 1.807) is 0 Å². The maximum atomic E-state index is 12.5. The summed E-state index contributed by atoms with van der Waals surface area (Å²) in [6.45, 7) is 6.29. The third kappa shape index (κ3) is 3.75. The molecule has 0 saturated heterocycles. The van der Waals surface area contributed by atoms with Crippen molar-refractivity contribution in [2.45, 2.75) is 58.5 Å². The summed E-state index contributed by atoms with van der Waals surface area (Å²) in [5, 5.41) is 6.51. The first kappa shape index (κ1) is 14.9. The van der Waals surface area contributed by atoms with E-state index in [4.69, 9.17) is 0 Å². The number of carbonyl (C=O) groups excluding carboxylic acids is 1. The molecule has 1 saturated carbocycles. The molecule has 1 aromatic rings. The fourth-order valence-electron chi connectivity index (χ4n) is 2.98. The highest BCUT2D eigenvalue weighted by atomic mass is 16.1. The van der Waals surface area contributed by atoms with Crippen LogP contribution in [-0.4, -0.2) is 18.0 Å². The monoisotopic (exact) mass is 274 g/mol. The summed E-state index contributed by atoms with van der Waals surface area (Å²) in [7, 11) is 0. The van der Waals surface area contributed by atoms with Crippen LogP contribution in [0.4, 0.5) is 5.69 Å². The van der Waals surface area contributed by atoms with Crippen LogP contribution in [0.2, 0.25) is 0 Å². The second kappa shape index (κ2) is 6.78. The van der Waals surface area contributed by atoms with Gasteiger partial charge in [0.1, 0.15) is 0 Å². The van der Waals surface area contributed by atoms with Crippen molar-refractivity contribution in [1.29, 1.82) is 0 Å².